The fraction of sp³-hybridized carbons (Fsp3) is 0.368. The maximum atomic E-state index is 12.9. The van der Waals surface area contributed by atoms with E-state index in [0.29, 0.717) is 18.0 Å². The van der Waals surface area contributed by atoms with Gasteiger partial charge in [-0.15, -0.1) is 0 Å². The van der Waals surface area contributed by atoms with Crippen molar-refractivity contribution in [1.82, 2.24) is 24.5 Å². The van der Waals surface area contributed by atoms with Crippen LogP contribution in [0.15, 0.2) is 36.7 Å². The average molecular weight is 351 g/mol. The average Bonchev–Trinajstić information content (AvgIpc) is 3.25. The smallest absolute Gasteiger partial charge is 0.272 e. The molecule has 0 aliphatic carbocycles. The molecule has 1 atom stereocenters. The summed E-state index contributed by atoms with van der Waals surface area (Å²) in [7, 11) is 1.78. The minimum atomic E-state index is -0.142. The first-order valence-corrected chi connectivity index (χ1v) is 8.73. The van der Waals surface area contributed by atoms with E-state index in [-0.39, 0.29) is 17.9 Å². The zero-order valence-electron chi connectivity index (χ0n) is 15.1. The minimum Gasteiger partial charge on any atom is -0.488 e. The van der Waals surface area contributed by atoms with Crippen molar-refractivity contribution < 1.29 is 9.53 Å². The number of aromatic nitrogens is 4. The van der Waals surface area contributed by atoms with Gasteiger partial charge in [-0.2, -0.15) is 10.1 Å². The molecule has 1 aromatic carbocycles. The van der Waals surface area contributed by atoms with E-state index >= 15 is 0 Å². The fourth-order valence-electron chi connectivity index (χ4n) is 3.30. The normalized spacial score (nSPS) is 15.9. The van der Waals surface area contributed by atoms with Crippen LogP contribution < -0.4 is 4.74 Å². The summed E-state index contributed by atoms with van der Waals surface area (Å²) in [6, 6.07) is 9.79. The third-order valence-electron chi connectivity index (χ3n) is 4.63. The summed E-state index contributed by atoms with van der Waals surface area (Å²) in [6.45, 7) is 4.61. The summed E-state index contributed by atoms with van der Waals surface area (Å²) in [5, 5.41) is 4.19. The van der Waals surface area contributed by atoms with Crippen LogP contribution in [0.25, 0.3) is 5.78 Å². The molecule has 7 nitrogen and oxygen atoms in total. The van der Waals surface area contributed by atoms with Gasteiger partial charge in [0.05, 0.1) is 12.2 Å². The molecular weight excluding hydrogens is 330 g/mol. The van der Waals surface area contributed by atoms with E-state index in [1.807, 2.05) is 18.2 Å². The molecule has 0 N–H and O–H groups in total. The predicted octanol–water partition coefficient (Wildman–Crippen LogP) is 2.32. The topological polar surface area (TPSA) is 72.6 Å². The molecule has 7 heteroatoms. The van der Waals surface area contributed by atoms with Gasteiger partial charge in [0.25, 0.3) is 11.7 Å². The van der Waals surface area contributed by atoms with E-state index in [2.05, 4.69) is 35.0 Å². The second-order valence-electron chi connectivity index (χ2n) is 6.93. The predicted molar refractivity (Wildman–Crippen MR) is 96.4 cm³/mol. The van der Waals surface area contributed by atoms with Gasteiger partial charge in [0.2, 0.25) is 0 Å². The molecule has 0 saturated heterocycles. The Balaban J connectivity index is 1.53. The Morgan fingerprint density at radius 3 is 2.96 bits per heavy atom. The van der Waals surface area contributed by atoms with Gasteiger partial charge < -0.3 is 9.64 Å². The molecule has 1 amide bonds. The summed E-state index contributed by atoms with van der Waals surface area (Å²) < 4.78 is 7.62. The second kappa shape index (κ2) is 6.40. The summed E-state index contributed by atoms with van der Waals surface area (Å²) in [5.74, 6) is 1.41. The highest BCUT2D eigenvalue weighted by molar-refractivity contribution is 5.92. The Hall–Kier alpha value is -2.96. The molecule has 1 aliphatic rings. The Labute approximate surface area is 151 Å². The molecule has 0 fully saturated rings. The number of likely N-dealkylation sites (N-methyl/N-ethyl adjacent to an activating group) is 1. The highest BCUT2D eigenvalue weighted by Crippen LogP contribution is 2.28. The summed E-state index contributed by atoms with van der Waals surface area (Å²) in [4.78, 5) is 23.1. The molecule has 26 heavy (non-hydrogen) atoms. The lowest BCUT2D eigenvalue weighted by Gasteiger charge is -2.21. The first kappa shape index (κ1) is 16.5. The van der Waals surface area contributed by atoms with Crippen LogP contribution in [0.2, 0.25) is 0 Å². The maximum Gasteiger partial charge on any atom is 0.272 e. The molecule has 134 valence electrons. The molecule has 0 bridgehead atoms. The van der Waals surface area contributed by atoms with Gasteiger partial charge in [0.15, 0.2) is 0 Å². The van der Waals surface area contributed by atoms with E-state index in [0.717, 1.165) is 17.9 Å². The minimum absolute atomic E-state index is 0.0391. The zero-order valence-corrected chi connectivity index (χ0v) is 15.1. The first-order valence-electron chi connectivity index (χ1n) is 8.73. The number of carbonyl (C=O) groups excluding carboxylic acids is 1. The Kier molecular flexibility index (Phi) is 4.06. The van der Waals surface area contributed by atoms with Crippen LogP contribution in [-0.2, 0) is 6.42 Å². The Morgan fingerprint density at radius 2 is 2.19 bits per heavy atom. The molecule has 1 aliphatic heterocycles. The molecule has 3 heterocycles. The van der Waals surface area contributed by atoms with E-state index in [4.69, 9.17) is 4.74 Å². The number of para-hydroxylation sites is 1. The molecule has 3 aromatic rings. The summed E-state index contributed by atoms with van der Waals surface area (Å²) in [6.07, 6.45) is 2.22. The molecule has 0 radical (unpaired) electrons. The van der Waals surface area contributed by atoms with Crippen LogP contribution in [-0.4, -0.2) is 50.1 Å². The van der Waals surface area contributed by atoms with Gasteiger partial charge in [-0.3, -0.25) is 4.79 Å². The first-order chi connectivity index (χ1) is 12.5. The number of benzene rings is 1. The molecular formula is C19H21N5O2. The highest BCUT2D eigenvalue weighted by Gasteiger charge is 2.26. The number of ether oxygens (including phenoxy) is 1. The number of hydrogen-bond acceptors (Lipinski definition) is 5. The zero-order chi connectivity index (χ0) is 18.3. The number of rotatable bonds is 4. The SMILES string of the molecule is CC(C)c1cc(C(=O)N(C)C[C@H]2Cc3ccccc3O2)nc2ncnn12. The lowest BCUT2D eigenvalue weighted by Crippen LogP contribution is -2.37. The van der Waals surface area contributed by atoms with Gasteiger partial charge in [0, 0.05) is 13.5 Å². The number of nitrogens with zero attached hydrogens (tertiary/aromatic N) is 5. The monoisotopic (exact) mass is 351 g/mol. The van der Waals surface area contributed by atoms with E-state index in [1.165, 1.54) is 11.9 Å². The van der Waals surface area contributed by atoms with Crippen molar-refractivity contribution in [3.8, 4) is 5.75 Å². The van der Waals surface area contributed by atoms with Crippen LogP contribution in [0.1, 0.15) is 41.5 Å². The summed E-state index contributed by atoms with van der Waals surface area (Å²) in [5.41, 5.74) is 2.48. The van der Waals surface area contributed by atoms with Crippen molar-refractivity contribution in [3.05, 3.63) is 53.6 Å². The van der Waals surface area contributed by atoms with Crippen molar-refractivity contribution in [3.63, 3.8) is 0 Å². The molecule has 0 unspecified atom stereocenters. The Morgan fingerprint density at radius 1 is 1.38 bits per heavy atom. The highest BCUT2D eigenvalue weighted by atomic mass is 16.5. The fourth-order valence-corrected chi connectivity index (χ4v) is 3.30. The second-order valence-corrected chi connectivity index (χ2v) is 6.93. The van der Waals surface area contributed by atoms with Crippen molar-refractivity contribution in [2.24, 2.45) is 0 Å². The van der Waals surface area contributed by atoms with Crippen LogP contribution in [0.3, 0.4) is 0 Å². The molecule has 4 rings (SSSR count). The Bertz CT molecular complexity index is 940. The van der Waals surface area contributed by atoms with Crippen molar-refractivity contribution in [1.29, 1.82) is 0 Å². The standard InChI is InChI=1S/C19H21N5O2/c1-12(2)16-9-15(22-19-20-11-21-24(16)19)18(25)23(3)10-14-8-13-6-4-5-7-17(13)26-14/h4-7,9,11-12,14H,8,10H2,1-3H3/t14-/m1/s1. The van der Waals surface area contributed by atoms with Gasteiger partial charge in [0.1, 0.15) is 23.9 Å². The van der Waals surface area contributed by atoms with Crippen molar-refractivity contribution in [2.75, 3.05) is 13.6 Å². The number of carbonyl (C=O) groups is 1. The van der Waals surface area contributed by atoms with E-state index in [9.17, 15) is 4.79 Å². The number of amides is 1. The van der Waals surface area contributed by atoms with Crippen LogP contribution in [0, 0.1) is 0 Å². The van der Waals surface area contributed by atoms with Gasteiger partial charge in [-0.05, 0) is 23.6 Å². The number of fused-ring (bicyclic) bond motifs is 2. The van der Waals surface area contributed by atoms with Gasteiger partial charge in [-0.25, -0.2) is 9.50 Å². The van der Waals surface area contributed by atoms with Crippen LogP contribution in [0.5, 0.6) is 5.75 Å². The third-order valence-corrected chi connectivity index (χ3v) is 4.63. The van der Waals surface area contributed by atoms with E-state index < -0.39 is 0 Å². The lowest BCUT2D eigenvalue weighted by molar-refractivity contribution is 0.0724. The lowest BCUT2D eigenvalue weighted by atomic mass is 10.1. The summed E-state index contributed by atoms with van der Waals surface area (Å²) >= 11 is 0. The van der Waals surface area contributed by atoms with Crippen LogP contribution >= 0.6 is 0 Å². The van der Waals surface area contributed by atoms with Crippen LogP contribution in [0.4, 0.5) is 0 Å². The van der Waals surface area contributed by atoms with Crippen molar-refractivity contribution >= 4 is 11.7 Å². The molecule has 0 saturated carbocycles. The number of hydrogen-bond donors (Lipinski definition) is 0. The maximum absolute atomic E-state index is 12.9. The van der Waals surface area contributed by atoms with Gasteiger partial charge >= 0.3 is 0 Å². The molecule has 2 aromatic heterocycles. The third kappa shape index (κ3) is 2.89. The van der Waals surface area contributed by atoms with Gasteiger partial charge in [-0.1, -0.05) is 32.0 Å². The van der Waals surface area contributed by atoms with E-state index in [1.54, 1.807) is 22.5 Å². The quantitative estimate of drug-likeness (QED) is 0.721. The van der Waals surface area contributed by atoms with Crippen molar-refractivity contribution in [2.45, 2.75) is 32.3 Å². The molecule has 0 spiro atoms. The largest absolute Gasteiger partial charge is 0.488 e.